The lowest BCUT2D eigenvalue weighted by Gasteiger charge is -2.03. The topological polar surface area (TPSA) is 165 Å². The summed E-state index contributed by atoms with van der Waals surface area (Å²) in [5, 5.41) is 34.4. The summed E-state index contributed by atoms with van der Waals surface area (Å²) in [7, 11) is 0. The zero-order valence-electron chi connectivity index (χ0n) is 14.0. The van der Waals surface area contributed by atoms with Crippen LogP contribution in [0.4, 0.5) is 0 Å². The van der Waals surface area contributed by atoms with Gasteiger partial charge in [0, 0.05) is 34.7 Å². The molecule has 2 aromatic rings. The monoisotopic (exact) mass is 352 g/mol. The summed E-state index contributed by atoms with van der Waals surface area (Å²) in [6.07, 6.45) is 2.98. The average molecular weight is 352 g/mol. The third-order valence-corrected chi connectivity index (χ3v) is 3.50. The lowest BCUT2D eigenvalue weighted by atomic mass is 10.1. The highest BCUT2D eigenvalue weighted by molar-refractivity contribution is 5.98. The highest BCUT2D eigenvalue weighted by Crippen LogP contribution is 2.17. The number of nitrogens with two attached hydrogens (primary N) is 2. The van der Waals surface area contributed by atoms with Gasteiger partial charge in [0.05, 0.1) is 13.1 Å². The molecule has 0 spiro atoms. The van der Waals surface area contributed by atoms with Crippen LogP contribution in [-0.4, -0.2) is 47.4 Å². The Bertz CT molecular complexity index is 816. The maximum absolute atomic E-state index is 9.78. The van der Waals surface area contributed by atoms with Crippen LogP contribution in [0, 0.1) is 10.8 Å². The van der Waals surface area contributed by atoms with Gasteiger partial charge in [0.25, 0.3) is 0 Å². The Labute approximate surface area is 150 Å². The molecule has 0 fully saturated rings. The Kier molecular flexibility index (Phi) is 6.05. The molecule has 0 aliphatic heterocycles. The van der Waals surface area contributed by atoms with Crippen molar-refractivity contribution in [2.24, 2.45) is 21.5 Å². The van der Waals surface area contributed by atoms with Crippen LogP contribution in [0.5, 0.6) is 11.5 Å². The predicted molar refractivity (Wildman–Crippen MR) is 103 cm³/mol. The number of phenols is 2. The van der Waals surface area contributed by atoms with Gasteiger partial charge in [-0.1, -0.05) is 0 Å². The summed E-state index contributed by atoms with van der Waals surface area (Å²) in [5.41, 5.74) is 12.8. The van der Waals surface area contributed by atoms with Crippen molar-refractivity contribution in [1.29, 1.82) is 10.8 Å². The molecule has 8 heteroatoms. The van der Waals surface area contributed by atoms with E-state index < -0.39 is 0 Å². The first-order valence-corrected chi connectivity index (χ1v) is 7.73. The molecule has 0 radical (unpaired) electrons. The maximum Gasteiger partial charge on any atom is 0.124 e. The van der Waals surface area contributed by atoms with Crippen LogP contribution in [-0.2, 0) is 0 Å². The Hall–Kier alpha value is -3.68. The van der Waals surface area contributed by atoms with Gasteiger partial charge in [0.15, 0.2) is 0 Å². The van der Waals surface area contributed by atoms with Gasteiger partial charge < -0.3 is 21.7 Å². The zero-order valence-corrected chi connectivity index (χ0v) is 14.0. The van der Waals surface area contributed by atoms with Crippen molar-refractivity contribution in [3.05, 3.63) is 58.7 Å². The molecule has 8 nitrogen and oxygen atoms in total. The van der Waals surface area contributed by atoms with Gasteiger partial charge in [-0.15, -0.1) is 0 Å². The first-order valence-electron chi connectivity index (χ1n) is 7.73. The van der Waals surface area contributed by atoms with Gasteiger partial charge >= 0.3 is 0 Å². The number of hydrogen-bond acceptors (Lipinski definition) is 6. The number of amidine groups is 2. The maximum atomic E-state index is 9.78. The van der Waals surface area contributed by atoms with E-state index in [1.807, 2.05) is 0 Å². The molecular formula is C18H20N6O2. The summed E-state index contributed by atoms with van der Waals surface area (Å²) in [6.45, 7) is 0.737. The smallest absolute Gasteiger partial charge is 0.124 e. The number of benzene rings is 2. The fraction of sp³-hybridized carbons (Fsp3) is 0.111. The van der Waals surface area contributed by atoms with Crippen molar-refractivity contribution in [2.75, 3.05) is 13.1 Å². The van der Waals surface area contributed by atoms with Crippen LogP contribution in [0.15, 0.2) is 46.4 Å². The average Bonchev–Trinajstić information content (AvgIpc) is 2.60. The molecule has 0 saturated heterocycles. The molecule has 0 aromatic heterocycles. The molecule has 2 aromatic carbocycles. The minimum atomic E-state index is -0.0863. The number of aliphatic imine (C=N–C) groups is 2. The molecule has 0 aliphatic carbocycles. The van der Waals surface area contributed by atoms with Gasteiger partial charge in [-0.2, -0.15) is 0 Å². The predicted octanol–water partition coefficient (Wildman–Crippen LogP) is 1.20. The summed E-state index contributed by atoms with van der Waals surface area (Å²) >= 11 is 0. The molecule has 0 aliphatic rings. The van der Waals surface area contributed by atoms with Crippen molar-refractivity contribution in [3.8, 4) is 11.5 Å². The van der Waals surface area contributed by atoms with Crippen molar-refractivity contribution in [3.63, 3.8) is 0 Å². The first kappa shape index (κ1) is 18.7. The molecule has 0 bridgehead atoms. The van der Waals surface area contributed by atoms with E-state index in [-0.39, 0.29) is 23.2 Å². The zero-order chi connectivity index (χ0) is 19.1. The van der Waals surface area contributed by atoms with Gasteiger partial charge in [0.2, 0.25) is 0 Å². The van der Waals surface area contributed by atoms with Crippen molar-refractivity contribution >= 4 is 24.1 Å². The Balaban J connectivity index is 1.97. The van der Waals surface area contributed by atoms with Crippen molar-refractivity contribution < 1.29 is 10.2 Å². The number of nitrogens with one attached hydrogen (secondary N) is 2. The first-order chi connectivity index (χ1) is 12.4. The van der Waals surface area contributed by atoms with E-state index in [1.165, 1.54) is 24.6 Å². The number of nitrogen functional groups attached to an aromatic ring is 2. The van der Waals surface area contributed by atoms with Crippen molar-refractivity contribution in [2.45, 2.75) is 0 Å². The van der Waals surface area contributed by atoms with E-state index in [4.69, 9.17) is 22.3 Å². The summed E-state index contributed by atoms with van der Waals surface area (Å²) < 4.78 is 0. The Morgan fingerprint density at radius 3 is 1.54 bits per heavy atom. The molecule has 8 N–H and O–H groups in total. The summed E-state index contributed by atoms with van der Waals surface area (Å²) in [5.74, 6) is -0.0739. The largest absolute Gasteiger partial charge is 0.507 e. The second kappa shape index (κ2) is 8.43. The summed E-state index contributed by atoms with van der Waals surface area (Å²) in [4.78, 5) is 8.35. The molecule has 134 valence electrons. The Morgan fingerprint density at radius 1 is 0.808 bits per heavy atom. The highest BCUT2D eigenvalue weighted by Gasteiger charge is 2.03. The van der Waals surface area contributed by atoms with E-state index in [0.29, 0.717) is 35.3 Å². The standard InChI is InChI=1S/C18H20N6O2/c19-17(20)11-1-3-15(25)13(7-11)9-23-5-6-24-10-14-8-12(18(21)22)2-4-16(14)26/h1-4,7-10,25-26H,5-6H2,(H3,19,20)(H3,21,22). The number of rotatable bonds is 7. The number of phenolic OH excluding ortho intramolecular Hbond substituents is 2. The molecule has 0 saturated carbocycles. The third-order valence-electron chi connectivity index (χ3n) is 3.50. The second-order valence-electron chi connectivity index (χ2n) is 5.45. The van der Waals surface area contributed by atoms with E-state index in [2.05, 4.69) is 9.98 Å². The van der Waals surface area contributed by atoms with Crippen LogP contribution in [0.1, 0.15) is 22.3 Å². The highest BCUT2D eigenvalue weighted by atomic mass is 16.3. The lowest BCUT2D eigenvalue weighted by Crippen LogP contribution is -2.11. The normalized spacial score (nSPS) is 11.2. The van der Waals surface area contributed by atoms with Crippen LogP contribution < -0.4 is 11.5 Å². The lowest BCUT2D eigenvalue weighted by molar-refractivity contribution is 0.474. The van der Waals surface area contributed by atoms with Gasteiger partial charge in [0.1, 0.15) is 23.2 Å². The SMILES string of the molecule is N=C(N)c1ccc(O)c(C=NCCN=Cc2cc(C(=N)N)ccc2O)c1. The van der Waals surface area contributed by atoms with Crippen LogP contribution in [0.3, 0.4) is 0 Å². The van der Waals surface area contributed by atoms with E-state index in [1.54, 1.807) is 24.3 Å². The Morgan fingerprint density at radius 2 is 1.19 bits per heavy atom. The third kappa shape index (κ3) is 4.91. The molecule has 0 unspecified atom stereocenters. The molecule has 2 rings (SSSR count). The number of nitrogens with zero attached hydrogens (tertiary/aromatic N) is 2. The van der Waals surface area contributed by atoms with Crippen LogP contribution in [0.25, 0.3) is 0 Å². The fourth-order valence-corrected chi connectivity index (χ4v) is 2.09. The van der Waals surface area contributed by atoms with Gasteiger partial charge in [-0.25, -0.2) is 0 Å². The molecular weight excluding hydrogens is 332 g/mol. The van der Waals surface area contributed by atoms with Gasteiger partial charge in [-0.3, -0.25) is 20.8 Å². The van der Waals surface area contributed by atoms with Crippen LogP contribution in [0.2, 0.25) is 0 Å². The minimum Gasteiger partial charge on any atom is -0.507 e. The number of aromatic hydroxyl groups is 2. The van der Waals surface area contributed by atoms with Gasteiger partial charge in [-0.05, 0) is 36.4 Å². The fourth-order valence-electron chi connectivity index (χ4n) is 2.09. The minimum absolute atomic E-state index is 0.0493. The molecule has 0 amide bonds. The van der Waals surface area contributed by atoms with Crippen LogP contribution >= 0.6 is 0 Å². The molecule has 0 heterocycles. The van der Waals surface area contributed by atoms with Crippen molar-refractivity contribution in [1.82, 2.24) is 0 Å². The second-order valence-corrected chi connectivity index (χ2v) is 5.45. The summed E-state index contributed by atoms with van der Waals surface area (Å²) in [6, 6.07) is 9.19. The molecule has 26 heavy (non-hydrogen) atoms. The van der Waals surface area contributed by atoms with E-state index in [9.17, 15) is 10.2 Å². The molecule has 0 atom stereocenters. The number of hydrogen-bond donors (Lipinski definition) is 6. The quantitative estimate of drug-likeness (QED) is 0.250. The van der Waals surface area contributed by atoms with E-state index in [0.717, 1.165) is 0 Å². The van der Waals surface area contributed by atoms with E-state index >= 15 is 0 Å².